The Kier molecular flexibility index (Phi) is 7.96. The average Bonchev–Trinajstić information content (AvgIpc) is 2.74. The fourth-order valence-corrected chi connectivity index (χ4v) is 3.96. The van der Waals surface area contributed by atoms with Gasteiger partial charge < -0.3 is 14.8 Å². The molecule has 1 atom stereocenters. The lowest BCUT2D eigenvalue weighted by Gasteiger charge is -2.34. The molecule has 1 aliphatic rings. The summed E-state index contributed by atoms with van der Waals surface area (Å²) in [6.45, 7) is 6.82. The van der Waals surface area contributed by atoms with Gasteiger partial charge in [-0.25, -0.2) is 0 Å². The number of hydrogen-bond acceptors (Lipinski definition) is 5. The Morgan fingerprint density at radius 2 is 1.80 bits per heavy atom. The maximum atomic E-state index is 12.6. The maximum Gasteiger partial charge on any atom is 0.234 e. The molecule has 2 aromatic rings. The zero-order valence-electron chi connectivity index (χ0n) is 17.9. The van der Waals surface area contributed by atoms with Gasteiger partial charge in [0.15, 0.2) is 0 Å². The van der Waals surface area contributed by atoms with Crippen LogP contribution in [0.3, 0.4) is 0 Å². The van der Waals surface area contributed by atoms with Crippen LogP contribution in [-0.4, -0.2) is 62.7 Å². The van der Waals surface area contributed by atoms with E-state index in [0.29, 0.717) is 6.54 Å². The van der Waals surface area contributed by atoms with E-state index in [4.69, 9.17) is 21.1 Å². The summed E-state index contributed by atoms with van der Waals surface area (Å²) < 4.78 is 10.7. The second kappa shape index (κ2) is 10.7. The van der Waals surface area contributed by atoms with E-state index >= 15 is 0 Å². The quantitative estimate of drug-likeness (QED) is 0.694. The fourth-order valence-electron chi connectivity index (χ4n) is 3.74. The van der Waals surface area contributed by atoms with E-state index in [1.54, 1.807) is 14.2 Å². The van der Waals surface area contributed by atoms with Crippen molar-refractivity contribution in [2.75, 3.05) is 46.9 Å². The summed E-state index contributed by atoms with van der Waals surface area (Å²) in [6, 6.07) is 13.4. The normalized spacial score (nSPS) is 16.1. The summed E-state index contributed by atoms with van der Waals surface area (Å²) >= 11 is 6.08. The molecule has 1 aliphatic heterocycles. The molecule has 1 amide bonds. The number of ether oxygens (including phenoxy) is 2. The molecule has 162 valence electrons. The minimum atomic E-state index is -0.174. The zero-order chi connectivity index (χ0) is 21.5. The van der Waals surface area contributed by atoms with Crippen molar-refractivity contribution in [3.05, 3.63) is 58.6 Å². The summed E-state index contributed by atoms with van der Waals surface area (Å²) in [6.07, 6.45) is 0. The number of halogens is 1. The van der Waals surface area contributed by atoms with Gasteiger partial charge in [-0.3, -0.25) is 14.6 Å². The molecule has 0 saturated carbocycles. The van der Waals surface area contributed by atoms with Gasteiger partial charge in [0.2, 0.25) is 5.91 Å². The van der Waals surface area contributed by atoms with Crippen LogP contribution in [0.2, 0.25) is 5.02 Å². The first-order valence-electron chi connectivity index (χ1n) is 10.2. The number of piperazine rings is 1. The molecule has 1 heterocycles. The van der Waals surface area contributed by atoms with Crippen LogP contribution in [0, 0.1) is 0 Å². The molecular weight excluding hydrogens is 402 g/mol. The molecular formula is C23H30ClN3O3. The lowest BCUT2D eigenvalue weighted by Crippen LogP contribution is -2.49. The van der Waals surface area contributed by atoms with Gasteiger partial charge in [-0.1, -0.05) is 23.7 Å². The largest absolute Gasteiger partial charge is 0.497 e. The summed E-state index contributed by atoms with van der Waals surface area (Å²) in [5.74, 6) is 1.48. The van der Waals surface area contributed by atoms with Gasteiger partial charge in [-0.2, -0.15) is 0 Å². The van der Waals surface area contributed by atoms with E-state index in [0.717, 1.165) is 54.8 Å². The zero-order valence-corrected chi connectivity index (χ0v) is 18.6. The number of amides is 1. The predicted octanol–water partition coefficient (Wildman–Crippen LogP) is 3.35. The van der Waals surface area contributed by atoms with Crippen molar-refractivity contribution in [3.8, 4) is 11.5 Å². The number of nitrogens with one attached hydrogen (secondary N) is 1. The van der Waals surface area contributed by atoms with Crippen LogP contribution >= 0.6 is 11.6 Å². The predicted molar refractivity (Wildman–Crippen MR) is 119 cm³/mol. The van der Waals surface area contributed by atoms with Gasteiger partial charge in [0.1, 0.15) is 11.5 Å². The summed E-state index contributed by atoms with van der Waals surface area (Å²) in [7, 11) is 3.25. The van der Waals surface area contributed by atoms with Crippen LogP contribution in [0.25, 0.3) is 0 Å². The van der Waals surface area contributed by atoms with Crippen molar-refractivity contribution in [1.82, 2.24) is 15.1 Å². The number of nitrogens with zero attached hydrogens (tertiary/aromatic N) is 2. The van der Waals surface area contributed by atoms with Gasteiger partial charge in [0.05, 0.1) is 26.8 Å². The van der Waals surface area contributed by atoms with E-state index < -0.39 is 0 Å². The van der Waals surface area contributed by atoms with Crippen molar-refractivity contribution in [1.29, 1.82) is 0 Å². The molecule has 3 rings (SSSR count). The Morgan fingerprint density at radius 1 is 1.07 bits per heavy atom. The van der Waals surface area contributed by atoms with Crippen molar-refractivity contribution in [2.24, 2.45) is 0 Å². The number of hydrogen-bond donors (Lipinski definition) is 1. The summed E-state index contributed by atoms with van der Waals surface area (Å²) in [5, 5.41) is 3.85. The lowest BCUT2D eigenvalue weighted by atomic mass is 10.1. The highest BCUT2D eigenvalue weighted by Gasteiger charge is 2.21. The third-order valence-electron chi connectivity index (χ3n) is 5.41. The SMILES string of the molecule is COc1ccc(OC)c(C(C)NC(=O)CN2CCN(Cc3cccc(Cl)c3)CC2)c1. The Labute approximate surface area is 183 Å². The van der Waals surface area contributed by atoms with E-state index in [-0.39, 0.29) is 11.9 Å². The van der Waals surface area contributed by atoms with Gasteiger partial charge in [-0.15, -0.1) is 0 Å². The van der Waals surface area contributed by atoms with Crippen LogP contribution in [0.1, 0.15) is 24.1 Å². The van der Waals surface area contributed by atoms with Crippen LogP contribution in [0.4, 0.5) is 0 Å². The molecule has 1 fully saturated rings. The first-order chi connectivity index (χ1) is 14.5. The molecule has 0 aliphatic carbocycles. The molecule has 0 aromatic heterocycles. The molecule has 0 spiro atoms. The molecule has 2 aromatic carbocycles. The van der Waals surface area contributed by atoms with Crippen LogP contribution in [0.15, 0.2) is 42.5 Å². The van der Waals surface area contributed by atoms with Crippen molar-refractivity contribution < 1.29 is 14.3 Å². The standard InChI is InChI=1S/C23H30ClN3O3/c1-17(21-14-20(29-2)7-8-22(21)30-3)25-23(28)16-27-11-9-26(10-12-27)15-18-5-4-6-19(24)13-18/h4-8,13-14,17H,9-12,15-16H2,1-3H3,(H,25,28). The van der Waals surface area contributed by atoms with E-state index in [1.807, 2.05) is 43.3 Å². The number of benzene rings is 2. The van der Waals surface area contributed by atoms with Gasteiger partial charge >= 0.3 is 0 Å². The highest BCUT2D eigenvalue weighted by Crippen LogP contribution is 2.29. The number of carbonyl (C=O) groups is 1. The summed E-state index contributed by atoms with van der Waals surface area (Å²) in [5.41, 5.74) is 2.12. The average molecular weight is 432 g/mol. The highest BCUT2D eigenvalue weighted by atomic mass is 35.5. The van der Waals surface area contributed by atoms with Crippen LogP contribution in [0.5, 0.6) is 11.5 Å². The molecule has 6 nitrogen and oxygen atoms in total. The smallest absolute Gasteiger partial charge is 0.234 e. The lowest BCUT2D eigenvalue weighted by molar-refractivity contribution is -0.123. The van der Waals surface area contributed by atoms with E-state index in [9.17, 15) is 4.79 Å². The second-order valence-electron chi connectivity index (χ2n) is 7.58. The van der Waals surface area contributed by atoms with E-state index in [2.05, 4.69) is 21.2 Å². The van der Waals surface area contributed by atoms with E-state index in [1.165, 1.54) is 5.56 Å². The molecule has 0 radical (unpaired) electrons. The topological polar surface area (TPSA) is 54.0 Å². The number of methoxy groups -OCH3 is 2. The highest BCUT2D eigenvalue weighted by molar-refractivity contribution is 6.30. The molecule has 1 saturated heterocycles. The fraction of sp³-hybridized carbons (Fsp3) is 0.435. The second-order valence-corrected chi connectivity index (χ2v) is 8.02. The first-order valence-corrected chi connectivity index (χ1v) is 10.6. The monoisotopic (exact) mass is 431 g/mol. The van der Waals surface area contributed by atoms with Gasteiger partial charge in [0, 0.05) is 43.3 Å². The Morgan fingerprint density at radius 3 is 2.47 bits per heavy atom. The first kappa shape index (κ1) is 22.4. The van der Waals surface area contributed by atoms with Crippen LogP contribution in [-0.2, 0) is 11.3 Å². The minimum absolute atomic E-state index is 0.00987. The van der Waals surface area contributed by atoms with Gasteiger partial charge in [-0.05, 0) is 42.8 Å². The van der Waals surface area contributed by atoms with Crippen molar-refractivity contribution in [2.45, 2.75) is 19.5 Å². The molecule has 1 unspecified atom stereocenters. The third kappa shape index (κ3) is 6.11. The Balaban J connectivity index is 1.48. The van der Waals surface area contributed by atoms with Gasteiger partial charge in [0.25, 0.3) is 0 Å². The molecule has 1 N–H and O–H groups in total. The third-order valence-corrected chi connectivity index (χ3v) is 5.64. The maximum absolute atomic E-state index is 12.6. The number of carbonyl (C=O) groups excluding carboxylic acids is 1. The number of rotatable bonds is 8. The Hall–Kier alpha value is -2.28. The minimum Gasteiger partial charge on any atom is -0.497 e. The Bertz CT molecular complexity index is 853. The van der Waals surface area contributed by atoms with Crippen molar-refractivity contribution in [3.63, 3.8) is 0 Å². The molecule has 0 bridgehead atoms. The van der Waals surface area contributed by atoms with Crippen molar-refractivity contribution >= 4 is 17.5 Å². The summed E-state index contributed by atoms with van der Waals surface area (Å²) in [4.78, 5) is 17.2. The molecule has 30 heavy (non-hydrogen) atoms. The molecule has 7 heteroatoms. The van der Waals surface area contributed by atoms with Crippen LogP contribution < -0.4 is 14.8 Å².